The van der Waals surface area contributed by atoms with Crippen LogP contribution in [0.3, 0.4) is 0 Å². The van der Waals surface area contributed by atoms with Gasteiger partial charge in [0.25, 0.3) is 0 Å². The van der Waals surface area contributed by atoms with E-state index in [1.807, 2.05) is 0 Å². The molecule has 4 nitrogen and oxygen atoms in total. The Morgan fingerprint density at radius 2 is 2.04 bits per heavy atom. The molecule has 2 unspecified atom stereocenters. The van der Waals surface area contributed by atoms with Gasteiger partial charge < -0.3 is 5.73 Å². The van der Waals surface area contributed by atoms with Crippen molar-refractivity contribution in [3.63, 3.8) is 0 Å². The average molecular weight is 467 g/mol. The number of hydrogen-bond donors (Lipinski definition) is 2. The fourth-order valence-electron chi connectivity index (χ4n) is 2.89. The number of nitrogens with one attached hydrogen (secondary N) is 1. The number of primary amides is 1. The van der Waals surface area contributed by atoms with Gasteiger partial charge in [-0.1, -0.05) is 40.9 Å². The SMILES string of the molecule is NC(=O)NN=CC1CSc2c(Cl)cc(Cl)cc2C1(Cl)c1ccc(F)c(Cl)c1. The first-order valence-electron chi connectivity index (χ1n) is 7.59. The normalized spacial score (nSPS) is 21.9. The smallest absolute Gasteiger partial charge is 0.332 e. The standard InChI is InChI=1S/C17H12Cl4FN3OS/c18-10-4-11-15(13(20)5-10)27-7-9(6-24-25-16(23)26)17(11,21)8-1-2-14(22)12(19)3-8/h1-6,9H,7H2,(H3,23,25,26). The van der Waals surface area contributed by atoms with Crippen molar-refractivity contribution in [2.45, 2.75) is 9.77 Å². The number of carbonyl (C=O) groups is 1. The van der Waals surface area contributed by atoms with Gasteiger partial charge in [0.15, 0.2) is 0 Å². The molecule has 27 heavy (non-hydrogen) atoms. The highest BCUT2D eigenvalue weighted by Gasteiger charge is 2.45. The number of rotatable bonds is 3. The lowest BCUT2D eigenvalue weighted by Crippen LogP contribution is -2.38. The summed E-state index contributed by atoms with van der Waals surface area (Å²) in [5.74, 6) is -0.466. The van der Waals surface area contributed by atoms with Crippen molar-refractivity contribution in [1.82, 2.24) is 5.43 Å². The largest absolute Gasteiger partial charge is 0.350 e. The van der Waals surface area contributed by atoms with E-state index in [0.29, 0.717) is 26.9 Å². The lowest BCUT2D eigenvalue weighted by Gasteiger charge is -2.39. The van der Waals surface area contributed by atoms with Crippen molar-refractivity contribution < 1.29 is 9.18 Å². The number of benzene rings is 2. The van der Waals surface area contributed by atoms with E-state index in [1.54, 1.807) is 18.2 Å². The van der Waals surface area contributed by atoms with Gasteiger partial charge in [-0.25, -0.2) is 14.6 Å². The first-order valence-corrected chi connectivity index (χ1v) is 10.1. The third kappa shape index (κ3) is 4.00. The third-order valence-corrected chi connectivity index (χ3v) is 6.96. The lowest BCUT2D eigenvalue weighted by atomic mass is 9.80. The quantitative estimate of drug-likeness (QED) is 0.349. The molecule has 0 aromatic heterocycles. The summed E-state index contributed by atoms with van der Waals surface area (Å²) in [6.45, 7) is 0. The number of fused-ring (bicyclic) bond motifs is 1. The van der Waals surface area contributed by atoms with E-state index in [2.05, 4.69) is 10.5 Å². The zero-order valence-corrected chi connectivity index (χ0v) is 17.3. The molecule has 0 radical (unpaired) electrons. The molecule has 3 rings (SSSR count). The van der Waals surface area contributed by atoms with Crippen LogP contribution < -0.4 is 11.2 Å². The van der Waals surface area contributed by atoms with E-state index >= 15 is 0 Å². The van der Waals surface area contributed by atoms with Crippen molar-refractivity contribution in [2.75, 3.05) is 5.75 Å². The number of carbonyl (C=O) groups excluding carboxylic acids is 1. The number of nitrogens with zero attached hydrogens (tertiary/aromatic N) is 1. The summed E-state index contributed by atoms with van der Waals surface area (Å²) in [5.41, 5.74) is 8.39. The molecule has 0 fully saturated rings. The van der Waals surface area contributed by atoms with Crippen molar-refractivity contribution in [3.05, 3.63) is 62.3 Å². The van der Waals surface area contributed by atoms with Crippen LogP contribution in [0.2, 0.25) is 15.1 Å². The van der Waals surface area contributed by atoms with Crippen LogP contribution in [0.4, 0.5) is 9.18 Å². The van der Waals surface area contributed by atoms with Crippen LogP contribution in [0.25, 0.3) is 0 Å². The van der Waals surface area contributed by atoms with Crippen LogP contribution in [-0.4, -0.2) is 18.0 Å². The molecule has 142 valence electrons. The number of thioether (sulfide) groups is 1. The Labute approximate surface area is 179 Å². The number of hydrogen-bond acceptors (Lipinski definition) is 3. The summed E-state index contributed by atoms with van der Waals surface area (Å²) in [4.78, 5) is 10.5. The van der Waals surface area contributed by atoms with Crippen molar-refractivity contribution in [3.8, 4) is 0 Å². The number of halogens is 5. The third-order valence-electron chi connectivity index (χ3n) is 4.09. The molecule has 0 bridgehead atoms. The Hall–Kier alpha value is -1.18. The minimum Gasteiger partial charge on any atom is -0.350 e. The number of urea groups is 1. The van der Waals surface area contributed by atoms with Gasteiger partial charge in [0.1, 0.15) is 10.7 Å². The zero-order valence-electron chi connectivity index (χ0n) is 13.5. The molecular weight excluding hydrogens is 455 g/mol. The highest BCUT2D eigenvalue weighted by atomic mass is 35.5. The lowest BCUT2D eigenvalue weighted by molar-refractivity contribution is 0.249. The Morgan fingerprint density at radius 1 is 1.30 bits per heavy atom. The molecule has 1 aliphatic heterocycles. The van der Waals surface area contributed by atoms with E-state index in [1.165, 1.54) is 30.1 Å². The predicted octanol–water partition coefficient (Wildman–Crippen LogP) is 5.64. The topological polar surface area (TPSA) is 67.5 Å². The van der Waals surface area contributed by atoms with Crippen LogP contribution in [-0.2, 0) is 4.87 Å². The van der Waals surface area contributed by atoms with Gasteiger partial charge >= 0.3 is 6.03 Å². The molecule has 0 saturated carbocycles. The predicted molar refractivity (Wildman–Crippen MR) is 110 cm³/mol. The highest BCUT2D eigenvalue weighted by molar-refractivity contribution is 7.99. The molecule has 0 saturated heterocycles. The Bertz CT molecular complexity index is 943. The molecule has 10 heteroatoms. The summed E-state index contributed by atoms with van der Waals surface area (Å²) in [7, 11) is 0. The summed E-state index contributed by atoms with van der Waals surface area (Å²) < 4.78 is 13.7. The maximum Gasteiger partial charge on any atom is 0.332 e. The first-order chi connectivity index (χ1) is 12.7. The minimum atomic E-state index is -1.19. The Kier molecular flexibility index (Phi) is 6.13. The second-order valence-corrected chi connectivity index (χ2v) is 8.65. The van der Waals surface area contributed by atoms with E-state index in [9.17, 15) is 9.18 Å². The molecular formula is C17H12Cl4FN3OS. The molecule has 2 atom stereocenters. The minimum absolute atomic E-state index is 0.0635. The molecule has 3 N–H and O–H groups in total. The summed E-state index contributed by atoms with van der Waals surface area (Å²) in [6.07, 6.45) is 1.49. The molecule has 2 aromatic rings. The fourth-order valence-corrected chi connectivity index (χ4v) is 5.53. The van der Waals surface area contributed by atoms with Gasteiger partial charge in [-0.15, -0.1) is 23.4 Å². The van der Waals surface area contributed by atoms with Crippen LogP contribution in [0.5, 0.6) is 0 Å². The first kappa shape index (κ1) is 20.6. The number of nitrogens with two attached hydrogens (primary N) is 1. The fraction of sp³-hybridized carbons (Fsp3) is 0.176. The number of alkyl halides is 1. The zero-order chi connectivity index (χ0) is 19.8. The Morgan fingerprint density at radius 3 is 2.70 bits per heavy atom. The average Bonchev–Trinajstić information content (AvgIpc) is 2.59. The molecule has 1 heterocycles. The molecule has 0 aliphatic carbocycles. The summed E-state index contributed by atoms with van der Waals surface area (Å²) in [6, 6.07) is 6.79. The van der Waals surface area contributed by atoms with E-state index < -0.39 is 22.6 Å². The molecule has 2 amide bonds. The van der Waals surface area contributed by atoms with Gasteiger partial charge in [0.05, 0.1) is 10.0 Å². The second-order valence-electron chi connectivity index (χ2n) is 5.78. The second kappa shape index (κ2) is 8.05. The maximum atomic E-state index is 13.7. The number of amides is 2. The highest BCUT2D eigenvalue weighted by Crippen LogP contribution is 2.54. The molecule has 0 spiro atoms. The van der Waals surface area contributed by atoms with E-state index in [4.69, 9.17) is 52.1 Å². The van der Waals surface area contributed by atoms with Gasteiger partial charge in [-0.2, -0.15) is 5.10 Å². The van der Waals surface area contributed by atoms with Gasteiger partial charge in [-0.05, 0) is 35.4 Å². The van der Waals surface area contributed by atoms with Gasteiger partial charge in [0.2, 0.25) is 0 Å². The van der Waals surface area contributed by atoms with Gasteiger partial charge in [-0.3, -0.25) is 0 Å². The number of hydrazone groups is 1. The van der Waals surface area contributed by atoms with Crippen LogP contribution in [0.1, 0.15) is 11.1 Å². The van der Waals surface area contributed by atoms with Crippen LogP contribution in [0.15, 0.2) is 40.3 Å². The van der Waals surface area contributed by atoms with Crippen LogP contribution >= 0.6 is 58.2 Å². The Balaban J connectivity index is 2.20. The van der Waals surface area contributed by atoms with Crippen molar-refractivity contribution >= 4 is 70.4 Å². The van der Waals surface area contributed by atoms with E-state index in [0.717, 1.165) is 4.90 Å². The maximum absolute atomic E-state index is 13.7. The summed E-state index contributed by atoms with van der Waals surface area (Å²) in [5, 5.41) is 4.66. The van der Waals surface area contributed by atoms with Crippen molar-refractivity contribution in [2.24, 2.45) is 16.8 Å². The van der Waals surface area contributed by atoms with Crippen LogP contribution in [0, 0.1) is 11.7 Å². The van der Waals surface area contributed by atoms with Gasteiger partial charge in [0, 0.05) is 27.8 Å². The molecule has 2 aromatic carbocycles. The summed E-state index contributed by atoms with van der Waals surface area (Å²) >= 11 is 27.1. The monoisotopic (exact) mass is 465 g/mol. The molecule has 1 aliphatic rings. The van der Waals surface area contributed by atoms with E-state index in [-0.39, 0.29) is 5.02 Å². The van der Waals surface area contributed by atoms with Crippen molar-refractivity contribution in [1.29, 1.82) is 0 Å².